The van der Waals surface area contributed by atoms with E-state index in [-0.39, 0.29) is 5.96 Å². The molecule has 1 aliphatic rings. The monoisotopic (exact) mass is 179 g/mol. The molecular weight excluding hydrogens is 162 g/mol. The van der Waals surface area contributed by atoms with Gasteiger partial charge in [-0.2, -0.15) is 0 Å². The van der Waals surface area contributed by atoms with E-state index < -0.39 is 0 Å². The smallest absolute Gasteiger partial charge is 0.190 e. The Kier molecular flexibility index (Phi) is 3.12. The minimum absolute atomic E-state index is 0.151. The molecule has 0 heterocycles. The number of hydrogen-bond acceptors (Lipinski definition) is 1. The summed E-state index contributed by atoms with van der Waals surface area (Å²) in [6.45, 7) is 4.28. The van der Waals surface area contributed by atoms with Gasteiger partial charge in [0.25, 0.3) is 0 Å². The van der Waals surface area contributed by atoms with Crippen LogP contribution in [0.5, 0.6) is 0 Å². The largest absolute Gasteiger partial charge is 0.370 e. The first-order valence-electron chi connectivity index (χ1n) is 4.55. The predicted molar refractivity (Wildman–Crippen MR) is 56.0 cm³/mol. The molecule has 0 amide bonds. The van der Waals surface area contributed by atoms with Crippen molar-refractivity contribution in [2.75, 3.05) is 0 Å². The van der Waals surface area contributed by atoms with Crippen molar-refractivity contribution in [3.63, 3.8) is 0 Å². The lowest BCUT2D eigenvalue weighted by molar-refractivity contribution is 0.668. The topological polar surface area (TPSA) is 64.4 Å². The summed E-state index contributed by atoms with van der Waals surface area (Å²) < 4.78 is 0. The molecule has 0 spiro atoms. The first kappa shape index (κ1) is 9.84. The molecule has 4 N–H and O–H groups in total. The summed E-state index contributed by atoms with van der Waals surface area (Å²) in [7, 11) is 0. The fourth-order valence-electron chi connectivity index (χ4n) is 1.56. The van der Waals surface area contributed by atoms with Crippen molar-refractivity contribution in [2.45, 2.75) is 26.7 Å². The summed E-state index contributed by atoms with van der Waals surface area (Å²) in [6, 6.07) is 0. The van der Waals surface area contributed by atoms with E-state index in [1.807, 2.05) is 0 Å². The molecule has 1 atom stereocenters. The second-order valence-electron chi connectivity index (χ2n) is 3.56. The van der Waals surface area contributed by atoms with Crippen LogP contribution < -0.4 is 11.5 Å². The Morgan fingerprint density at radius 3 is 2.77 bits per heavy atom. The van der Waals surface area contributed by atoms with E-state index in [0.29, 0.717) is 5.92 Å². The van der Waals surface area contributed by atoms with Crippen LogP contribution in [0, 0.1) is 5.92 Å². The number of hydrogen-bond donors (Lipinski definition) is 2. The van der Waals surface area contributed by atoms with Gasteiger partial charge in [-0.1, -0.05) is 24.6 Å². The molecule has 13 heavy (non-hydrogen) atoms. The summed E-state index contributed by atoms with van der Waals surface area (Å²) >= 11 is 0. The van der Waals surface area contributed by atoms with Gasteiger partial charge in [0, 0.05) is 11.6 Å². The highest BCUT2D eigenvalue weighted by Gasteiger charge is 2.11. The molecule has 0 fully saturated rings. The van der Waals surface area contributed by atoms with Crippen LogP contribution in [0.2, 0.25) is 0 Å². The van der Waals surface area contributed by atoms with Crippen molar-refractivity contribution in [1.82, 2.24) is 0 Å². The van der Waals surface area contributed by atoms with Gasteiger partial charge in [0.2, 0.25) is 0 Å². The lowest BCUT2D eigenvalue weighted by Gasteiger charge is -2.10. The van der Waals surface area contributed by atoms with Crippen molar-refractivity contribution in [2.24, 2.45) is 22.4 Å². The molecule has 1 rings (SSSR count). The molecule has 72 valence electrons. The van der Waals surface area contributed by atoms with Gasteiger partial charge >= 0.3 is 0 Å². The Morgan fingerprint density at radius 1 is 1.46 bits per heavy atom. The van der Waals surface area contributed by atoms with Crippen LogP contribution in [-0.2, 0) is 0 Å². The fourth-order valence-corrected chi connectivity index (χ4v) is 1.56. The van der Waals surface area contributed by atoms with Gasteiger partial charge in [0.1, 0.15) is 0 Å². The first-order chi connectivity index (χ1) is 6.09. The van der Waals surface area contributed by atoms with Crippen LogP contribution in [0.25, 0.3) is 0 Å². The molecule has 0 saturated heterocycles. The van der Waals surface area contributed by atoms with Crippen LogP contribution in [0.3, 0.4) is 0 Å². The molecule has 0 saturated carbocycles. The zero-order chi connectivity index (χ0) is 9.84. The third-order valence-corrected chi connectivity index (χ3v) is 2.18. The number of nitrogens with two attached hydrogens (primary N) is 2. The standard InChI is InChI=1S/C10H17N3/c1-7-4-3-5-9(8(2)6-7)13-10(11)12/h4-5,8H,3,6H2,1-2H3,(H4,11,12,13). The number of nitrogens with zero attached hydrogens (tertiary/aromatic N) is 1. The van der Waals surface area contributed by atoms with Crippen LogP contribution in [0.4, 0.5) is 0 Å². The average Bonchev–Trinajstić information content (AvgIpc) is 2.13. The van der Waals surface area contributed by atoms with Crippen molar-refractivity contribution in [1.29, 1.82) is 0 Å². The van der Waals surface area contributed by atoms with Crippen molar-refractivity contribution in [3.05, 3.63) is 23.4 Å². The number of rotatable bonds is 1. The normalized spacial score (nSPS) is 22.8. The maximum absolute atomic E-state index is 5.34. The van der Waals surface area contributed by atoms with E-state index in [4.69, 9.17) is 11.5 Å². The Balaban J connectivity index is 2.78. The first-order valence-corrected chi connectivity index (χ1v) is 4.55. The number of allylic oxidation sites excluding steroid dienone is 4. The molecule has 1 aliphatic carbocycles. The van der Waals surface area contributed by atoms with E-state index in [1.165, 1.54) is 5.57 Å². The molecule has 0 aromatic rings. The minimum Gasteiger partial charge on any atom is -0.370 e. The lowest BCUT2D eigenvalue weighted by atomic mass is 10.0. The van der Waals surface area contributed by atoms with E-state index in [0.717, 1.165) is 18.5 Å². The van der Waals surface area contributed by atoms with Crippen molar-refractivity contribution < 1.29 is 0 Å². The Labute approximate surface area is 79.2 Å². The maximum Gasteiger partial charge on any atom is 0.190 e. The maximum atomic E-state index is 5.34. The minimum atomic E-state index is 0.151. The molecule has 0 aromatic carbocycles. The average molecular weight is 179 g/mol. The molecule has 3 heteroatoms. The number of guanidine groups is 1. The van der Waals surface area contributed by atoms with Crippen molar-refractivity contribution >= 4 is 5.96 Å². The molecule has 3 nitrogen and oxygen atoms in total. The summed E-state index contributed by atoms with van der Waals surface area (Å²) in [6.07, 6.45) is 6.28. The summed E-state index contributed by atoms with van der Waals surface area (Å²) in [5, 5.41) is 0. The Morgan fingerprint density at radius 2 is 2.15 bits per heavy atom. The molecule has 0 radical (unpaired) electrons. The van der Waals surface area contributed by atoms with Crippen LogP contribution in [-0.4, -0.2) is 5.96 Å². The number of aliphatic imine (C=N–C) groups is 1. The van der Waals surface area contributed by atoms with E-state index in [2.05, 4.69) is 31.0 Å². The fraction of sp³-hybridized carbons (Fsp3) is 0.500. The van der Waals surface area contributed by atoms with Crippen LogP contribution in [0.1, 0.15) is 26.7 Å². The highest BCUT2D eigenvalue weighted by Crippen LogP contribution is 2.24. The van der Waals surface area contributed by atoms with Gasteiger partial charge in [-0.25, -0.2) is 4.99 Å². The van der Waals surface area contributed by atoms with Gasteiger partial charge in [-0.15, -0.1) is 0 Å². The zero-order valence-electron chi connectivity index (χ0n) is 8.25. The van der Waals surface area contributed by atoms with E-state index >= 15 is 0 Å². The quantitative estimate of drug-likeness (QED) is 0.364. The molecule has 1 unspecified atom stereocenters. The van der Waals surface area contributed by atoms with Crippen LogP contribution >= 0.6 is 0 Å². The highest BCUT2D eigenvalue weighted by atomic mass is 15.0. The summed E-state index contributed by atoms with van der Waals surface area (Å²) in [5.74, 6) is 0.568. The van der Waals surface area contributed by atoms with Gasteiger partial charge in [-0.05, 0) is 19.8 Å². The third-order valence-electron chi connectivity index (χ3n) is 2.18. The van der Waals surface area contributed by atoms with Gasteiger partial charge in [0.05, 0.1) is 0 Å². The second-order valence-corrected chi connectivity index (χ2v) is 3.56. The molecule has 0 aliphatic heterocycles. The lowest BCUT2D eigenvalue weighted by Crippen LogP contribution is -2.23. The SMILES string of the molecule is CC1=CCC=C(N=C(N)N)C(C)C1. The summed E-state index contributed by atoms with van der Waals surface area (Å²) in [4.78, 5) is 4.11. The Hall–Kier alpha value is -1.25. The van der Waals surface area contributed by atoms with E-state index in [9.17, 15) is 0 Å². The predicted octanol–water partition coefficient (Wildman–Crippen LogP) is 1.52. The van der Waals surface area contributed by atoms with Gasteiger partial charge in [-0.3, -0.25) is 0 Å². The van der Waals surface area contributed by atoms with Gasteiger partial charge in [0.15, 0.2) is 5.96 Å². The van der Waals surface area contributed by atoms with Gasteiger partial charge < -0.3 is 11.5 Å². The highest BCUT2D eigenvalue weighted by molar-refractivity contribution is 5.76. The molecule has 0 aromatic heterocycles. The molecular formula is C10H17N3. The zero-order valence-corrected chi connectivity index (χ0v) is 8.25. The van der Waals surface area contributed by atoms with Crippen molar-refractivity contribution in [3.8, 4) is 0 Å². The second kappa shape index (κ2) is 4.12. The third kappa shape index (κ3) is 2.93. The Bertz CT molecular complexity index is 270. The van der Waals surface area contributed by atoms with Crippen LogP contribution in [0.15, 0.2) is 28.4 Å². The van der Waals surface area contributed by atoms with E-state index in [1.54, 1.807) is 0 Å². The molecule has 0 bridgehead atoms. The summed E-state index contributed by atoms with van der Waals surface area (Å²) in [5.41, 5.74) is 13.1.